The van der Waals surface area contributed by atoms with Gasteiger partial charge in [-0.1, -0.05) is 23.7 Å². The van der Waals surface area contributed by atoms with E-state index in [0.717, 1.165) is 18.3 Å². The maximum atomic E-state index is 14.8. The minimum atomic E-state index is -1.32. The maximum Gasteiger partial charge on any atom is 0.405 e. The third-order valence-electron chi connectivity index (χ3n) is 4.51. The average Bonchev–Trinajstić information content (AvgIpc) is 2.51. The molecule has 1 aliphatic rings. The Bertz CT molecular complexity index is 942. The Morgan fingerprint density at radius 1 is 1.41 bits per heavy atom. The van der Waals surface area contributed by atoms with Gasteiger partial charge in [0.05, 0.1) is 26.8 Å². The number of pyridine rings is 1. The highest BCUT2D eigenvalue weighted by Gasteiger charge is 2.54. The Balaban J connectivity index is 1.99. The quantitative estimate of drug-likeness (QED) is 0.537. The second kappa shape index (κ2) is 6.43. The Morgan fingerprint density at radius 3 is 2.56 bits per heavy atom. The molecule has 27 heavy (non-hydrogen) atoms. The molecule has 0 aliphatic heterocycles. The molecule has 0 radical (unpaired) electrons. The molecule has 1 aromatic carbocycles. The first kappa shape index (κ1) is 19.0. The number of aromatic nitrogens is 1. The van der Waals surface area contributed by atoms with E-state index in [1.165, 1.54) is 12.1 Å². The monoisotopic (exact) mass is 395 g/mol. The van der Waals surface area contributed by atoms with Gasteiger partial charge in [0.15, 0.2) is 0 Å². The third kappa shape index (κ3) is 3.56. The van der Waals surface area contributed by atoms with Crippen LogP contribution < -0.4 is 5.32 Å². The van der Waals surface area contributed by atoms with Gasteiger partial charge in [-0.2, -0.15) is 0 Å². The maximum absolute atomic E-state index is 14.8. The van der Waals surface area contributed by atoms with Gasteiger partial charge in [-0.15, -0.1) is 0 Å². The lowest BCUT2D eigenvalue weighted by Gasteiger charge is -2.51. The first-order chi connectivity index (χ1) is 12.5. The molecule has 2 aromatic rings. The van der Waals surface area contributed by atoms with Gasteiger partial charge in [0, 0.05) is 30.0 Å². The number of hydrogen-bond acceptors (Lipinski definition) is 5. The van der Waals surface area contributed by atoms with Gasteiger partial charge in [0.2, 0.25) is 0 Å². The summed E-state index contributed by atoms with van der Waals surface area (Å²) in [5.41, 5.74) is -2.08. The number of hydrogen-bond donors (Lipinski definition) is 3. The molecule has 1 aliphatic carbocycles. The minimum absolute atomic E-state index is 0.0127. The molecule has 0 saturated heterocycles. The molecule has 1 aromatic heterocycles. The van der Waals surface area contributed by atoms with Gasteiger partial charge < -0.3 is 15.5 Å². The van der Waals surface area contributed by atoms with Crippen molar-refractivity contribution in [3.05, 3.63) is 57.0 Å². The molecule has 1 amide bonds. The van der Waals surface area contributed by atoms with Gasteiger partial charge in [0.1, 0.15) is 12.0 Å². The second-order valence-corrected chi connectivity index (χ2v) is 7.25. The minimum Gasteiger partial charge on any atom is -0.465 e. The Hall–Kier alpha value is -2.78. The van der Waals surface area contributed by atoms with Crippen molar-refractivity contribution in [3.8, 4) is 11.3 Å². The van der Waals surface area contributed by atoms with Gasteiger partial charge in [-0.05, 0) is 13.0 Å². The molecule has 0 spiro atoms. The van der Waals surface area contributed by atoms with Gasteiger partial charge in [-0.25, -0.2) is 14.2 Å². The average molecular weight is 396 g/mol. The molecule has 1 fully saturated rings. The van der Waals surface area contributed by atoms with Gasteiger partial charge >= 0.3 is 6.09 Å². The Morgan fingerprint density at radius 2 is 2.07 bits per heavy atom. The number of benzene rings is 1. The Kier molecular flexibility index (Phi) is 4.52. The first-order valence-corrected chi connectivity index (χ1v) is 8.25. The summed E-state index contributed by atoms with van der Waals surface area (Å²) in [6.07, 6.45) is -0.254. The van der Waals surface area contributed by atoms with Crippen molar-refractivity contribution in [1.29, 1.82) is 0 Å². The summed E-state index contributed by atoms with van der Waals surface area (Å²) < 4.78 is 14.8. The van der Waals surface area contributed by atoms with Crippen molar-refractivity contribution in [2.24, 2.45) is 0 Å². The van der Waals surface area contributed by atoms with Crippen LogP contribution in [0.1, 0.15) is 25.3 Å². The summed E-state index contributed by atoms with van der Waals surface area (Å²) >= 11 is 6.02. The van der Waals surface area contributed by atoms with Crippen LogP contribution in [0.2, 0.25) is 5.02 Å². The molecule has 0 bridgehead atoms. The highest BCUT2D eigenvalue weighted by Crippen LogP contribution is 2.49. The molecular formula is C17H15ClFN3O5. The van der Waals surface area contributed by atoms with Crippen LogP contribution >= 0.6 is 11.6 Å². The van der Waals surface area contributed by atoms with E-state index in [9.17, 15) is 24.4 Å². The van der Waals surface area contributed by atoms with Crippen LogP contribution in [0.15, 0.2) is 30.5 Å². The molecule has 10 heteroatoms. The molecular weight excluding hydrogens is 381 g/mol. The van der Waals surface area contributed by atoms with E-state index in [0.29, 0.717) is 0 Å². The highest BCUT2D eigenvalue weighted by molar-refractivity contribution is 6.33. The van der Waals surface area contributed by atoms with Crippen molar-refractivity contribution in [3.63, 3.8) is 0 Å². The van der Waals surface area contributed by atoms with Gasteiger partial charge in [-0.3, -0.25) is 10.1 Å². The molecule has 3 N–H and O–H groups in total. The number of aliphatic hydroxyl groups is 1. The van der Waals surface area contributed by atoms with Crippen molar-refractivity contribution in [2.45, 2.75) is 30.9 Å². The SMILES string of the molecule is C[C@]1(O)C[C@](NC(=O)O)(c2ccc(-c3ncc([N+](=O)[O-])cc3Cl)cc2F)C1. The summed E-state index contributed by atoms with van der Waals surface area (Å²) in [5, 5.41) is 32.1. The fourth-order valence-corrected chi connectivity index (χ4v) is 3.86. The summed E-state index contributed by atoms with van der Waals surface area (Å²) in [5.74, 6) is -0.701. The van der Waals surface area contributed by atoms with Crippen LogP contribution in [0.5, 0.6) is 0 Å². The number of amides is 1. The molecule has 8 nitrogen and oxygen atoms in total. The van der Waals surface area contributed by atoms with E-state index < -0.39 is 28.0 Å². The predicted octanol–water partition coefficient (Wildman–Crippen LogP) is 3.46. The normalized spacial score (nSPS) is 24.1. The zero-order chi connectivity index (χ0) is 20.0. The van der Waals surface area contributed by atoms with Crippen LogP contribution in [-0.2, 0) is 5.54 Å². The zero-order valence-corrected chi connectivity index (χ0v) is 14.8. The molecule has 3 rings (SSSR count). The summed E-state index contributed by atoms with van der Waals surface area (Å²) in [6, 6.07) is 5.14. The van der Waals surface area contributed by atoms with E-state index in [-0.39, 0.29) is 40.4 Å². The van der Waals surface area contributed by atoms with E-state index in [2.05, 4.69) is 10.3 Å². The largest absolute Gasteiger partial charge is 0.465 e. The van der Waals surface area contributed by atoms with Crippen molar-refractivity contribution in [2.75, 3.05) is 0 Å². The third-order valence-corrected chi connectivity index (χ3v) is 4.80. The lowest BCUT2D eigenvalue weighted by Crippen LogP contribution is -2.62. The summed E-state index contributed by atoms with van der Waals surface area (Å²) in [4.78, 5) is 25.2. The van der Waals surface area contributed by atoms with Crippen LogP contribution in [0, 0.1) is 15.9 Å². The number of carboxylic acid groups (broad SMARTS) is 1. The zero-order valence-electron chi connectivity index (χ0n) is 14.1. The van der Waals surface area contributed by atoms with Crippen molar-refractivity contribution < 1.29 is 24.3 Å². The summed E-state index contributed by atoms with van der Waals surface area (Å²) in [6.45, 7) is 1.54. The van der Waals surface area contributed by atoms with E-state index in [4.69, 9.17) is 16.7 Å². The molecule has 0 unspecified atom stereocenters. The predicted molar refractivity (Wildman–Crippen MR) is 94.0 cm³/mol. The molecule has 142 valence electrons. The number of carbonyl (C=O) groups is 1. The fourth-order valence-electron chi connectivity index (χ4n) is 3.59. The van der Waals surface area contributed by atoms with Crippen LogP contribution in [0.25, 0.3) is 11.3 Å². The van der Waals surface area contributed by atoms with Gasteiger partial charge in [0.25, 0.3) is 5.69 Å². The Labute approximate surface area is 157 Å². The number of halogens is 2. The number of nitro groups is 1. The topological polar surface area (TPSA) is 126 Å². The van der Waals surface area contributed by atoms with Crippen LogP contribution in [0.4, 0.5) is 14.9 Å². The van der Waals surface area contributed by atoms with E-state index in [1.54, 1.807) is 6.92 Å². The first-order valence-electron chi connectivity index (χ1n) is 7.87. The number of nitrogens with zero attached hydrogens (tertiary/aromatic N) is 2. The smallest absolute Gasteiger partial charge is 0.405 e. The highest BCUT2D eigenvalue weighted by atomic mass is 35.5. The lowest BCUT2D eigenvalue weighted by molar-refractivity contribution is -0.385. The summed E-state index contributed by atoms with van der Waals surface area (Å²) in [7, 11) is 0. The van der Waals surface area contributed by atoms with Crippen molar-refractivity contribution in [1.82, 2.24) is 10.3 Å². The van der Waals surface area contributed by atoms with Crippen LogP contribution in [-0.4, -0.2) is 31.8 Å². The molecule has 1 saturated carbocycles. The van der Waals surface area contributed by atoms with E-state index in [1.807, 2.05) is 0 Å². The fraction of sp³-hybridized carbons (Fsp3) is 0.294. The lowest BCUT2D eigenvalue weighted by atomic mass is 9.62. The van der Waals surface area contributed by atoms with Crippen molar-refractivity contribution >= 4 is 23.4 Å². The molecule has 1 heterocycles. The number of rotatable bonds is 4. The van der Waals surface area contributed by atoms with Crippen LogP contribution in [0.3, 0.4) is 0 Å². The second-order valence-electron chi connectivity index (χ2n) is 6.84. The van der Waals surface area contributed by atoms with E-state index >= 15 is 0 Å². The molecule has 0 atom stereocenters. The standard InChI is InChI=1S/C17H15ClFN3O5/c1-16(25)7-17(8-16,21-15(23)24)11-3-2-9(4-13(11)19)14-12(18)5-10(6-20-14)22(26)27/h2-6,21,25H,7-8H2,1H3,(H,23,24)/t16-,17+. The number of nitrogens with one attached hydrogen (secondary N) is 1.